The number of nitrogens with zero attached hydrogens (tertiary/aromatic N) is 1. The number of nitro benzene ring substituents is 1. The molecule has 0 amide bonds. The molecule has 1 unspecified atom stereocenters. The third-order valence-corrected chi connectivity index (χ3v) is 5.68. The van der Waals surface area contributed by atoms with Crippen molar-refractivity contribution in [3.8, 4) is 0 Å². The Morgan fingerprint density at radius 2 is 2.33 bits per heavy atom. The fourth-order valence-corrected chi connectivity index (χ4v) is 4.40. The van der Waals surface area contributed by atoms with Gasteiger partial charge in [0.2, 0.25) is 0 Å². The van der Waals surface area contributed by atoms with Crippen LogP contribution in [0.5, 0.6) is 0 Å². The lowest BCUT2D eigenvalue weighted by Gasteiger charge is -2.22. The summed E-state index contributed by atoms with van der Waals surface area (Å²) in [5.41, 5.74) is 2.07. The summed E-state index contributed by atoms with van der Waals surface area (Å²) in [7, 11) is 0. The molecular formula is C12H16N2O2S2. The molecule has 0 aliphatic carbocycles. The van der Waals surface area contributed by atoms with Crippen LogP contribution in [0, 0.1) is 17.0 Å². The number of hydrogen-bond acceptors (Lipinski definition) is 5. The minimum atomic E-state index is -0.351. The number of aryl methyl sites for hydroxylation is 1. The van der Waals surface area contributed by atoms with Crippen molar-refractivity contribution in [2.45, 2.75) is 12.2 Å². The maximum atomic E-state index is 10.7. The van der Waals surface area contributed by atoms with Crippen molar-refractivity contribution in [1.29, 1.82) is 0 Å². The minimum Gasteiger partial charge on any atom is -0.383 e. The molecule has 0 radical (unpaired) electrons. The zero-order chi connectivity index (χ0) is 13.0. The Balaban J connectivity index is 1.99. The summed E-state index contributed by atoms with van der Waals surface area (Å²) >= 11 is 3.96. The highest BCUT2D eigenvalue weighted by molar-refractivity contribution is 8.06. The number of thioether (sulfide) groups is 2. The summed E-state index contributed by atoms with van der Waals surface area (Å²) in [6.45, 7) is 2.84. The highest BCUT2D eigenvalue weighted by Gasteiger charge is 2.15. The van der Waals surface area contributed by atoms with Crippen LogP contribution in [0.3, 0.4) is 0 Å². The summed E-state index contributed by atoms with van der Waals surface area (Å²) < 4.78 is 0. The number of nitro groups is 1. The van der Waals surface area contributed by atoms with Crippen LogP contribution in [-0.2, 0) is 0 Å². The largest absolute Gasteiger partial charge is 0.383 e. The van der Waals surface area contributed by atoms with Gasteiger partial charge in [0.1, 0.15) is 0 Å². The van der Waals surface area contributed by atoms with Crippen molar-refractivity contribution in [3.63, 3.8) is 0 Å². The van der Waals surface area contributed by atoms with E-state index in [0.29, 0.717) is 5.25 Å². The molecule has 0 spiro atoms. The lowest BCUT2D eigenvalue weighted by Crippen LogP contribution is -2.23. The van der Waals surface area contributed by atoms with Crippen LogP contribution in [0.1, 0.15) is 5.56 Å². The second-order valence-electron chi connectivity index (χ2n) is 4.20. The van der Waals surface area contributed by atoms with Crippen LogP contribution in [0.2, 0.25) is 0 Å². The van der Waals surface area contributed by atoms with E-state index < -0.39 is 0 Å². The van der Waals surface area contributed by atoms with E-state index >= 15 is 0 Å². The van der Waals surface area contributed by atoms with Gasteiger partial charge in [-0.25, -0.2) is 0 Å². The average Bonchev–Trinajstić information content (AvgIpc) is 2.38. The first-order chi connectivity index (χ1) is 8.66. The van der Waals surface area contributed by atoms with E-state index in [1.165, 1.54) is 11.5 Å². The molecule has 98 valence electrons. The Bertz CT molecular complexity index is 434. The highest BCUT2D eigenvalue weighted by atomic mass is 32.2. The number of anilines is 1. The van der Waals surface area contributed by atoms with Crippen molar-refractivity contribution in [1.82, 2.24) is 0 Å². The number of nitrogens with one attached hydrogen (secondary N) is 1. The predicted octanol–water partition coefficient (Wildman–Crippen LogP) is 3.16. The zero-order valence-electron chi connectivity index (χ0n) is 10.2. The SMILES string of the molecule is Cc1ccc([N+](=O)[O-])cc1NCC1CSCCS1. The molecule has 4 nitrogen and oxygen atoms in total. The molecule has 2 rings (SSSR count). The first-order valence-corrected chi connectivity index (χ1v) is 8.05. The Hall–Kier alpha value is -0.880. The van der Waals surface area contributed by atoms with Gasteiger partial charge in [-0.2, -0.15) is 23.5 Å². The van der Waals surface area contributed by atoms with Gasteiger partial charge in [0, 0.05) is 46.9 Å². The maximum Gasteiger partial charge on any atom is 0.271 e. The number of non-ortho nitro benzene ring substituents is 1. The van der Waals surface area contributed by atoms with Crippen LogP contribution < -0.4 is 5.32 Å². The Morgan fingerprint density at radius 3 is 3.00 bits per heavy atom. The second kappa shape index (κ2) is 6.33. The van der Waals surface area contributed by atoms with E-state index in [2.05, 4.69) is 5.32 Å². The van der Waals surface area contributed by atoms with E-state index in [9.17, 15) is 10.1 Å². The van der Waals surface area contributed by atoms with Gasteiger partial charge in [-0.3, -0.25) is 10.1 Å². The summed E-state index contributed by atoms with van der Waals surface area (Å²) in [6.07, 6.45) is 0. The van der Waals surface area contributed by atoms with E-state index in [-0.39, 0.29) is 10.6 Å². The first kappa shape index (κ1) is 13.5. The molecular weight excluding hydrogens is 268 g/mol. The summed E-state index contributed by atoms with van der Waals surface area (Å²) in [5.74, 6) is 3.59. The first-order valence-electron chi connectivity index (χ1n) is 5.85. The maximum absolute atomic E-state index is 10.7. The predicted molar refractivity (Wildman–Crippen MR) is 79.9 cm³/mol. The van der Waals surface area contributed by atoms with Crippen LogP contribution >= 0.6 is 23.5 Å². The molecule has 1 heterocycles. The number of rotatable bonds is 4. The van der Waals surface area contributed by atoms with Crippen molar-refractivity contribution in [2.75, 3.05) is 29.1 Å². The molecule has 1 aliphatic rings. The molecule has 1 aliphatic heterocycles. The quantitative estimate of drug-likeness (QED) is 0.680. The van der Waals surface area contributed by atoms with Gasteiger partial charge in [0.05, 0.1) is 4.92 Å². The van der Waals surface area contributed by atoms with E-state index in [1.807, 2.05) is 30.4 Å². The number of hydrogen-bond donors (Lipinski definition) is 1. The van der Waals surface area contributed by atoms with Gasteiger partial charge < -0.3 is 5.32 Å². The summed E-state index contributed by atoms with van der Waals surface area (Å²) in [6, 6.07) is 4.96. The topological polar surface area (TPSA) is 55.2 Å². The molecule has 1 atom stereocenters. The van der Waals surface area contributed by atoms with E-state index in [0.717, 1.165) is 23.5 Å². The smallest absolute Gasteiger partial charge is 0.271 e. The molecule has 0 bridgehead atoms. The fraction of sp³-hybridized carbons (Fsp3) is 0.500. The van der Waals surface area contributed by atoms with Crippen LogP contribution in [0.15, 0.2) is 18.2 Å². The molecule has 1 aromatic rings. The van der Waals surface area contributed by atoms with Gasteiger partial charge in [-0.15, -0.1) is 0 Å². The second-order valence-corrected chi connectivity index (χ2v) is 6.76. The Morgan fingerprint density at radius 1 is 1.50 bits per heavy atom. The van der Waals surface area contributed by atoms with Crippen LogP contribution in [0.4, 0.5) is 11.4 Å². The highest BCUT2D eigenvalue weighted by Crippen LogP contribution is 2.26. The fourth-order valence-electron chi connectivity index (χ4n) is 1.79. The third-order valence-electron chi connectivity index (χ3n) is 2.84. The summed E-state index contributed by atoms with van der Waals surface area (Å²) in [5, 5.41) is 14.7. The number of benzene rings is 1. The van der Waals surface area contributed by atoms with E-state index in [1.54, 1.807) is 18.2 Å². The normalized spacial score (nSPS) is 19.5. The van der Waals surface area contributed by atoms with E-state index in [4.69, 9.17) is 0 Å². The summed E-state index contributed by atoms with van der Waals surface area (Å²) in [4.78, 5) is 10.4. The molecule has 1 aromatic carbocycles. The lowest BCUT2D eigenvalue weighted by molar-refractivity contribution is -0.384. The molecule has 0 saturated carbocycles. The molecule has 0 aromatic heterocycles. The molecule has 1 fully saturated rings. The van der Waals surface area contributed by atoms with Gasteiger partial charge in [0.25, 0.3) is 5.69 Å². The average molecular weight is 284 g/mol. The van der Waals surface area contributed by atoms with Gasteiger partial charge in [-0.05, 0) is 12.5 Å². The standard InChI is InChI=1S/C12H16N2O2S2/c1-9-2-3-10(14(15)16)6-12(9)13-7-11-8-17-4-5-18-11/h2-3,6,11,13H,4-5,7-8H2,1H3. The Labute approximate surface area is 115 Å². The van der Waals surface area contributed by atoms with Crippen LogP contribution in [0.25, 0.3) is 0 Å². The minimum absolute atomic E-state index is 0.147. The van der Waals surface area contributed by atoms with Crippen molar-refractivity contribution in [3.05, 3.63) is 33.9 Å². The van der Waals surface area contributed by atoms with Crippen molar-refractivity contribution in [2.24, 2.45) is 0 Å². The van der Waals surface area contributed by atoms with Gasteiger partial charge in [-0.1, -0.05) is 6.07 Å². The Kier molecular flexibility index (Phi) is 4.77. The zero-order valence-corrected chi connectivity index (χ0v) is 11.9. The lowest BCUT2D eigenvalue weighted by atomic mass is 10.2. The molecule has 1 saturated heterocycles. The monoisotopic (exact) mass is 284 g/mol. The van der Waals surface area contributed by atoms with Crippen LogP contribution in [-0.4, -0.2) is 34.0 Å². The molecule has 1 N–H and O–H groups in total. The third kappa shape index (κ3) is 3.55. The van der Waals surface area contributed by atoms with Crippen molar-refractivity contribution < 1.29 is 4.92 Å². The van der Waals surface area contributed by atoms with Crippen molar-refractivity contribution >= 4 is 34.9 Å². The molecule has 6 heteroatoms. The molecule has 18 heavy (non-hydrogen) atoms. The van der Waals surface area contributed by atoms with Gasteiger partial charge >= 0.3 is 0 Å². The van der Waals surface area contributed by atoms with Gasteiger partial charge in [0.15, 0.2) is 0 Å².